The lowest BCUT2D eigenvalue weighted by Gasteiger charge is -2.11. The minimum absolute atomic E-state index is 0.639. The van der Waals surface area contributed by atoms with Gasteiger partial charge >= 0.3 is 0 Å². The summed E-state index contributed by atoms with van der Waals surface area (Å²) in [5.74, 6) is 0.639. The summed E-state index contributed by atoms with van der Waals surface area (Å²) in [4.78, 5) is 2.37. The Bertz CT molecular complexity index is 345. The zero-order valence-corrected chi connectivity index (χ0v) is 10.5. The summed E-state index contributed by atoms with van der Waals surface area (Å²) in [6.45, 7) is 4.39. The van der Waals surface area contributed by atoms with Gasteiger partial charge in [0.1, 0.15) is 0 Å². The molecule has 1 aromatic rings. The number of aromatic nitrogens is 2. The molecule has 0 aromatic carbocycles. The third kappa shape index (κ3) is 1.61. The van der Waals surface area contributed by atoms with Crippen molar-refractivity contribution in [2.45, 2.75) is 19.3 Å². The smallest absolute Gasteiger partial charge is 0.0738 e. The Morgan fingerprint density at radius 3 is 2.57 bits per heavy atom. The van der Waals surface area contributed by atoms with E-state index < -0.39 is 0 Å². The Balaban J connectivity index is 2.31. The number of rotatable bonds is 1. The predicted molar refractivity (Wildman–Crippen MR) is 60.5 cm³/mol. The van der Waals surface area contributed by atoms with Crippen LogP contribution in [0.15, 0.2) is 4.47 Å². The second-order valence-corrected chi connectivity index (χ2v) is 4.95. The van der Waals surface area contributed by atoms with Gasteiger partial charge < -0.3 is 4.90 Å². The predicted octanol–water partition coefficient (Wildman–Crippen LogP) is 1.91. The van der Waals surface area contributed by atoms with Crippen LogP contribution in [0.4, 0.5) is 0 Å². The Kier molecular flexibility index (Phi) is 2.66. The summed E-state index contributed by atoms with van der Waals surface area (Å²) < 4.78 is 3.21. The summed E-state index contributed by atoms with van der Waals surface area (Å²) in [6.07, 6.45) is 1.24. The number of nitrogens with zero attached hydrogens (tertiary/aromatic N) is 3. The largest absolute Gasteiger partial charge is 0.306 e. The van der Waals surface area contributed by atoms with Crippen LogP contribution < -0.4 is 0 Å². The first kappa shape index (κ1) is 10.2. The van der Waals surface area contributed by atoms with Crippen molar-refractivity contribution in [2.75, 3.05) is 20.1 Å². The highest BCUT2D eigenvalue weighted by atomic mass is 79.9. The molecular weight excluding hydrogens is 242 g/mol. The van der Waals surface area contributed by atoms with Crippen molar-refractivity contribution in [1.29, 1.82) is 0 Å². The SMILES string of the molecule is Cc1nn(C)c(C2CCN(C)C2)c1Br. The van der Waals surface area contributed by atoms with Crippen molar-refractivity contribution in [3.8, 4) is 0 Å². The van der Waals surface area contributed by atoms with Crippen molar-refractivity contribution >= 4 is 15.9 Å². The van der Waals surface area contributed by atoms with Crippen LogP contribution >= 0.6 is 15.9 Å². The lowest BCUT2D eigenvalue weighted by Crippen LogP contribution is -2.14. The highest BCUT2D eigenvalue weighted by molar-refractivity contribution is 9.10. The van der Waals surface area contributed by atoms with Gasteiger partial charge in [0.25, 0.3) is 0 Å². The maximum Gasteiger partial charge on any atom is 0.0738 e. The quantitative estimate of drug-likeness (QED) is 0.767. The van der Waals surface area contributed by atoms with E-state index in [9.17, 15) is 0 Å². The molecule has 2 heterocycles. The molecule has 0 radical (unpaired) electrons. The molecule has 1 aliphatic heterocycles. The van der Waals surface area contributed by atoms with Crippen molar-refractivity contribution < 1.29 is 0 Å². The second kappa shape index (κ2) is 3.66. The number of likely N-dealkylation sites (N-methyl/N-ethyl adjacent to an activating group) is 1. The average molecular weight is 258 g/mol. The second-order valence-electron chi connectivity index (χ2n) is 4.16. The molecule has 0 N–H and O–H groups in total. The van der Waals surface area contributed by atoms with Gasteiger partial charge in [-0.3, -0.25) is 4.68 Å². The number of hydrogen-bond acceptors (Lipinski definition) is 2. The molecule has 1 saturated heterocycles. The van der Waals surface area contributed by atoms with Gasteiger partial charge in [-0.1, -0.05) is 0 Å². The van der Waals surface area contributed by atoms with E-state index in [-0.39, 0.29) is 0 Å². The molecule has 14 heavy (non-hydrogen) atoms. The fraction of sp³-hybridized carbons (Fsp3) is 0.700. The van der Waals surface area contributed by atoms with Gasteiger partial charge in [0.05, 0.1) is 15.9 Å². The van der Waals surface area contributed by atoms with Crippen LogP contribution in [0.25, 0.3) is 0 Å². The fourth-order valence-corrected chi connectivity index (χ4v) is 2.91. The minimum atomic E-state index is 0.639. The molecule has 0 spiro atoms. The van der Waals surface area contributed by atoms with Gasteiger partial charge in [-0.25, -0.2) is 0 Å². The van der Waals surface area contributed by atoms with Gasteiger partial charge in [-0.2, -0.15) is 5.10 Å². The molecule has 1 unspecified atom stereocenters. The molecule has 1 atom stereocenters. The molecule has 4 heteroatoms. The van der Waals surface area contributed by atoms with E-state index >= 15 is 0 Å². The summed E-state index contributed by atoms with van der Waals surface area (Å²) in [5, 5.41) is 4.43. The Hall–Kier alpha value is -0.350. The van der Waals surface area contributed by atoms with Gasteiger partial charge in [0.2, 0.25) is 0 Å². The highest BCUT2D eigenvalue weighted by Gasteiger charge is 2.26. The average Bonchev–Trinajstić information content (AvgIpc) is 2.60. The molecule has 0 bridgehead atoms. The molecule has 2 rings (SSSR count). The van der Waals surface area contributed by atoms with Crippen LogP contribution in [0.2, 0.25) is 0 Å². The van der Waals surface area contributed by atoms with Gasteiger partial charge in [-0.05, 0) is 42.9 Å². The van der Waals surface area contributed by atoms with E-state index in [1.165, 1.54) is 23.1 Å². The van der Waals surface area contributed by atoms with Crippen molar-refractivity contribution in [1.82, 2.24) is 14.7 Å². The van der Waals surface area contributed by atoms with Crippen LogP contribution in [0, 0.1) is 6.92 Å². The van der Waals surface area contributed by atoms with E-state index in [1.54, 1.807) is 0 Å². The normalized spacial score (nSPS) is 23.3. The molecule has 0 aliphatic carbocycles. The maximum absolute atomic E-state index is 4.43. The number of likely N-dealkylation sites (tertiary alicyclic amines) is 1. The minimum Gasteiger partial charge on any atom is -0.306 e. The fourth-order valence-electron chi connectivity index (χ4n) is 2.25. The third-order valence-electron chi connectivity index (χ3n) is 2.97. The topological polar surface area (TPSA) is 21.1 Å². The first-order valence-corrected chi connectivity index (χ1v) is 5.76. The summed E-state index contributed by atoms with van der Waals surface area (Å²) >= 11 is 3.63. The van der Waals surface area contributed by atoms with Crippen LogP contribution in [-0.2, 0) is 7.05 Å². The Morgan fingerprint density at radius 2 is 2.14 bits per heavy atom. The maximum atomic E-state index is 4.43. The number of halogens is 1. The third-order valence-corrected chi connectivity index (χ3v) is 3.95. The van der Waals surface area contributed by atoms with Crippen LogP contribution in [0.3, 0.4) is 0 Å². The van der Waals surface area contributed by atoms with E-state index in [1.807, 2.05) is 18.7 Å². The summed E-state index contributed by atoms with van der Waals surface area (Å²) in [5.41, 5.74) is 2.45. The van der Waals surface area contributed by atoms with E-state index in [2.05, 4.69) is 33.0 Å². The molecule has 1 fully saturated rings. The standard InChI is InChI=1S/C10H16BrN3/c1-7-9(11)10(14(3)12-7)8-4-5-13(2)6-8/h8H,4-6H2,1-3H3. The molecular formula is C10H16BrN3. The Morgan fingerprint density at radius 1 is 1.43 bits per heavy atom. The summed E-state index contributed by atoms with van der Waals surface area (Å²) in [6, 6.07) is 0. The van der Waals surface area contributed by atoms with Crippen LogP contribution in [0.5, 0.6) is 0 Å². The van der Waals surface area contributed by atoms with E-state index in [4.69, 9.17) is 0 Å². The Labute approximate surface area is 93.2 Å². The highest BCUT2D eigenvalue weighted by Crippen LogP contribution is 2.32. The van der Waals surface area contributed by atoms with Crippen LogP contribution in [0.1, 0.15) is 23.7 Å². The molecule has 1 aromatic heterocycles. The first-order valence-electron chi connectivity index (χ1n) is 4.97. The zero-order valence-electron chi connectivity index (χ0n) is 8.92. The molecule has 78 valence electrons. The first-order chi connectivity index (χ1) is 6.59. The number of aryl methyl sites for hydroxylation is 2. The van der Waals surface area contributed by atoms with E-state index in [0.29, 0.717) is 5.92 Å². The molecule has 3 nitrogen and oxygen atoms in total. The molecule has 0 saturated carbocycles. The van der Waals surface area contributed by atoms with Gasteiger partial charge in [-0.15, -0.1) is 0 Å². The van der Waals surface area contributed by atoms with Crippen molar-refractivity contribution in [3.05, 3.63) is 15.9 Å². The monoisotopic (exact) mass is 257 g/mol. The lowest BCUT2D eigenvalue weighted by atomic mass is 10.0. The van der Waals surface area contributed by atoms with Gasteiger partial charge in [0.15, 0.2) is 0 Å². The zero-order chi connectivity index (χ0) is 10.3. The molecule has 1 aliphatic rings. The number of hydrogen-bond donors (Lipinski definition) is 0. The van der Waals surface area contributed by atoms with E-state index in [0.717, 1.165) is 12.2 Å². The van der Waals surface area contributed by atoms with Crippen LogP contribution in [-0.4, -0.2) is 34.8 Å². The lowest BCUT2D eigenvalue weighted by molar-refractivity contribution is 0.409. The van der Waals surface area contributed by atoms with Gasteiger partial charge in [0, 0.05) is 19.5 Å². The van der Waals surface area contributed by atoms with Crippen molar-refractivity contribution in [2.24, 2.45) is 7.05 Å². The molecule has 0 amide bonds. The van der Waals surface area contributed by atoms with Crippen molar-refractivity contribution in [3.63, 3.8) is 0 Å². The summed E-state index contributed by atoms with van der Waals surface area (Å²) in [7, 11) is 4.21.